The van der Waals surface area contributed by atoms with Gasteiger partial charge >= 0.3 is 0 Å². The zero-order valence-electron chi connectivity index (χ0n) is 13.9. The van der Waals surface area contributed by atoms with Crippen LogP contribution in [-0.4, -0.2) is 43.1 Å². The molecule has 0 aliphatic carbocycles. The third-order valence-corrected chi connectivity index (χ3v) is 3.09. The molecule has 1 aromatic rings. The molecule has 1 rings (SSSR count). The van der Waals surface area contributed by atoms with Gasteiger partial charge in [-0.05, 0) is 6.92 Å². The predicted molar refractivity (Wildman–Crippen MR) is 86.8 cm³/mol. The van der Waals surface area contributed by atoms with Gasteiger partial charge in [-0.3, -0.25) is 4.79 Å². The van der Waals surface area contributed by atoms with Crippen LogP contribution in [0.3, 0.4) is 0 Å². The summed E-state index contributed by atoms with van der Waals surface area (Å²) in [4.78, 5) is 22.5. The molecule has 0 atom stereocenters. The van der Waals surface area contributed by atoms with Crippen molar-refractivity contribution in [1.82, 2.24) is 15.3 Å². The number of carbonyl (C=O) groups is 1. The van der Waals surface area contributed by atoms with E-state index >= 15 is 0 Å². The molecule has 6 nitrogen and oxygen atoms in total. The second kappa shape index (κ2) is 7.24. The van der Waals surface area contributed by atoms with E-state index in [0.717, 1.165) is 24.0 Å². The Kier molecular flexibility index (Phi) is 5.93. The summed E-state index contributed by atoms with van der Waals surface area (Å²) in [5, 5.41) is 5.86. The Morgan fingerprint density at radius 3 is 2.52 bits per heavy atom. The van der Waals surface area contributed by atoms with Crippen LogP contribution in [-0.2, 0) is 10.2 Å². The lowest BCUT2D eigenvalue weighted by Gasteiger charge is -2.23. The first-order chi connectivity index (χ1) is 9.77. The van der Waals surface area contributed by atoms with Gasteiger partial charge in [-0.15, -0.1) is 0 Å². The molecule has 0 bridgehead atoms. The van der Waals surface area contributed by atoms with Crippen molar-refractivity contribution < 1.29 is 4.79 Å². The zero-order valence-corrected chi connectivity index (χ0v) is 13.9. The minimum absolute atomic E-state index is 0.0267. The number of nitrogens with zero attached hydrogens (tertiary/aromatic N) is 3. The molecule has 0 saturated heterocycles. The lowest BCUT2D eigenvalue weighted by molar-refractivity contribution is -0.120. The first-order valence-corrected chi connectivity index (χ1v) is 7.33. The van der Waals surface area contributed by atoms with Gasteiger partial charge in [-0.2, -0.15) is 0 Å². The molecule has 1 aromatic heterocycles. The average molecular weight is 293 g/mol. The highest BCUT2D eigenvalue weighted by atomic mass is 16.1. The smallest absolute Gasteiger partial charge is 0.221 e. The van der Waals surface area contributed by atoms with Gasteiger partial charge in [0.25, 0.3) is 0 Å². The lowest BCUT2D eigenvalue weighted by Crippen LogP contribution is -2.28. The number of rotatable bonds is 6. The number of aromatic nitrogens is 2. The van der Waals surface area contributed by atoms with Crippen molar-refractivity contribution >= 4 is 17.5 Å². The number of hydrogen-bond donors (Lipinski definition) is 2. The maximum Gasteiger partial charge on any atom is 0.221 e. The van der Waals surface area contributed by atoms with Crippen LogP contribution >= 0.6 is 0 Å². The molecule has 0 aliphatic heterocycles. The van der Waals surface area contributed by atoms with E-state index in [1.807, 2.05) is 24.9 Å². The Morgan fingerprint density at radius 2 is 2.00 bits per heavy atom. The average Bonchev–Trinajstić information content (AvgIpc) is 2.43. The summed E-state index contributed by atoms with van der Waals surface area (Å²) in [6, 6.07) is 1.92. The summed E-state index contributed by atoms with van der Waals surface area (Å²) >= 11 is 0. The fourth-order valence-electron chi connectivity index (χ4n) is 1.75. The molecule has 0 aliphatic rings. The molecular weight excluding hydrogens is 266 g/mol. The minimum atomic E-state index is -0.123. The van der Waals surface area contributed by atoms with Crippen molar-refractivity contribution in [3.63, 3.8) is 0 Å². The molecular formula is C15H27N5O. The number of carbonyl (C=O) groups excluding carboxylic acids is 1. The van der Waals surface area contributed by atoms with E-state index in [9.17, 15) is 4.79 Å². The molecule has 6 heteroatoms. The van der Waals surface area contributed by atoms with E-state index in [4.69, 9.17) is 0 Å². The van der Waals surface area contributed by atoms with Gasteiger partial charge in [0, 0.05) is 45.1 Å². The molecule has 21 heavy (non-hydrogen) atoms. The lowest BCUT2D eigenvalue weighted by atomic mass is 9.96. The number of amides is 1. The van der Waals surface area contributed by atoms with E-state index in [1.54, 1.807) is 7.05 Å². The Bertz CT molecular complexity index is 481. The summed E-state index contributed by atoms with van der Waals surface area (Å²) in [5.74, 6) is 2.47. The monoisotopic (exact) mass is 293 g/mol. The van der Waals surface area contributed by atoms with Crippen molar-refractivity contribution in [3.8, 4) is 0 Å². The predicted octanol–water partition coefficient (Wildman–Crippen LogP) is 1.78. The highest BCUT2D eigenvalue weighted by Crippen LogP contribution is 2.23. The SMILES string of the molecule is CCNc1cc(N(C)CCC(=O)NC)nc(C(C)(C)C)n1. The normalized spacial score (nSPS) is 11.1. The van der Waals surface area contributed by atoms with E-state index in [0.29, 0.717) is 13.0 Å². The van der Waals surface area contributed by atoms with Crippen LogP contribution < -0.4 is 15.5 Å². The first-order valence-electron chi connectivity index (χ1n) is 7.33. The van der Waals surface area contributed by atoms with E-state index in [1.165, 1.54) is 0 Å². The van der Waals surface area contributed by atoms with Crippen LogP contribution in [0.25, 0.3) is 0 Å². The molecule has 0 aromatic carbocycles. The van der Waals surface area contributed by atoms with Gasteiger partial charge in [0.2, 0.25) is 5.91 Å². The van der Waals surface area contributed by atoms with Crippen LogP contribution in [0.2, 0.25) is 0 Å². The van der Waals surface area contributed by atoms with Crippen LogP contribution in [0.5, 0.6) is 0 Å². The Hall–Kier alpha value is -1.85. The van der Waals surface area contributed by atoms with Crippen molar-refractivity contribution in [2.75, 3.05) is 37.4 Å². The van der Waals surface area contributed by atoms with Gasteiger partial charge in [-0.25, -0.2) is 9.97 Å². The third kappa shape index (κ3) is 5.21. The topological polar surface area (TPSA) is 70.2 Å². The molecule has 1 amide bonds. The molecule has 0 unspecified atom stereocenters. The fraction of sp³-hybridized carbons (Fsp3) is 0.667. The highest BCUT2D eigenvalue weighted by Gasteiger charge is 2.20. The zero-order chi connectivity index (χ0) is 16.0. The maximum absolute atomic E-state index is 11.4. The quantitative estimate of drug-likeness (QED) is 0.836. The highest BCUT2D eigenvalue weighted by molar-refractivity contribution is 5.76. The van der Waals surface area contributed by atoms with E-state index in [-0.39, 0.29) is 11.3 Å². The van der Waals surface area contributed by atoms with Crippen LogP contribution in [0.1, 0.15) is 39.9 Å². The maximum atomic E-state index is 11.4. The summed E-state index contributed by atoms with van der Waals surface area (Å²) in [6.45, 7) is 9.73. The van der Waals surface area contributed by atoms with Crippen molar-refractivity contribution in [2.45, 2.75) is 39.5 Å². The molecule has 0 spiro atoms. The second-order valence-electron chi connectivity index (χ2n) is 6.06. The Morgan fingerprint density at radius 1 is 1.33 bits per heavy atom. The number of hydrogen-bond acceptors (Lipinski definition) is 5. The standard InChI is InChI=1S/C15H27N5O/c1-7-17-11-10-12(19-14(18-11)15(2,3)4)20(6)9-8-13(21)16-5/h10H,7-9H2,1-6H3,(H,16,21)(H,17,18,19). The fourth-order valence-corrected chi connectivity index (χ4v) is 1.75. The first kappa shape index (κ1) is 17.2. The minimum Gasteiger partial charge on any atom is -0.370 e. The van der Waals surface area contributed by atoms with Gasteiger partial charge in [0.05, 0.1) is 0 Å². The molecule has 118 valence electrons. The van der Waals surface area contributed by atoms with Crippen molar-refractivity contribution in [2.24, 2.45) is 0 Å². The van der Waals surface area contributed by atoms with Crippen LogP contribution in [0.4, 0.5) is 11.6 Å². The summed E-state index contributed by atoms with van der Waals surface area (Å²) in [5.41, 5.74) is -0.123. The van der Waals surface area contributed by atoms with E-state index < -0.39 is 0 Å². The summed E-state index contributed by atoms with van der Waals surface area (Å²) < 4.78 is 0. The molecule has 0 radical (unpaired) electrons. The van der Waals surface area contributed by atoms with E-state index in [2.05, 4.69) is 41.4 Å². The van der Waals surface area contributed by atoms with Gasteiger partial charge in [-0.1, -0.05) is 20.8 Å². The second-order valence-corrected chi connectivity index (χ2v) is 6.06. The molecule has 2 N–H and O–H groups in total. The largest absolute Gasteiger partial charge is 0.370 e. The van der Waals surface area contributed by atoms with Crippen molar-refractivity contribution in [1.29, 1.82) is 0 Å². The van der Waals surface area contributed by atoms with Gasteiger partial charge in [0.1, 0.15) is 17.5 Å². The van der Waals surface area contributed by atoms with Crippen LogP contribution in [0, 0.1) is 0 Å². The summed E-state index contributed by atoms with van der Waals surface area (Å²) in [6.07, 6.45) is 0.443. The summed E-state index contributed by atoms with van der Waals surface area (Å²) in [7, 11) is 3.58. The number of anilines is 2. The molecule has 0 fully saturated rings. The third-order valence-electron chi connectivity index (χ3n) is 3.09. The Balaban J connectivity index is 2.99. The molecule has 1 heterocycles. The van der Waals surface area contributed by atoms with Crippen molar-refractivity contribution in [3.05, 3.63) is 11.9 Å². The number of nitrogens with one attached hydrogen (secondary N) is 2. The molecule has 0 saturated carbocycles. The van der Waals surface area contributed by atoms with Gasteiger partial charge in [0.15, 0.2) is 0 Å². The van der Waals surface area contributed by atoms with Crippen LogP contribution in [0.15, 0.2) is 6.07 Å². The Labute approximate surface area is 127 Å². The van der Waals surface area contributed by atoms with Gasteiger partial charge < -0.3 is 15.5 Å².